The van der Waals surface area contributed by atoms with E-state index in [4.69, 9.17) is 9.97 Å². The number of fused-ring (bicyclic) bond motifs is 4. The molecule has 0 aliphatic heterocycles. The molecule has 164 valence electrons. The number of hydrogen-bond donors (Lipinski definition) is 0. The maximum atomic E-state index is 5.17. The lowest BCUT2D eigenvalue weighted by Crippen LogP contribution is -1.95. The third kappa shape index (κ3) is 3.40. The van der Waals surface area contributed by atoms with Crippen molar-refractivity contribution < 1.29 is 0 Å². The standard InChI is InChI=1S/C32H20N2S/c1-3-10-21(11-4-1)30-31(22-12-5-2-6-13-22)34-28-20-23(18-19-27(28)33-30)24-15-9-16-26-25-14-7-8-17-29(25)35-32(24)26/h1-20H. The second-order valence-electron chi connectivity index (χ2n) is 8.64. The van der Waals surface area contributed by atoms with E-state index in [0.717, 1.165) is 39.1 Å². The van der Waals surface area contributed by atoms with Crippen LogP contribution in [0.15, 0.2) is 121 Å². The Labute approximate surface area is 207 Å². The lowest BCUT2D eigenvalue weighted by atomic mass is 10.0. The summed E-state index contributed by atoms with van der Waals surface area (Å²) in [5.74, 6) is 0. The maximum absolute atomic E-state index is 5.17. The van der Waals surface area contributed by atoms with Gasteiger partial charge in [-0.05, 0) is 29.3 Å². The normalized spacial score (nSPS) is 11.4. The van der Waals surface area contributed by atoms with Gasteiger partial charge in [-0.1, -0.05) is 103 Å². The Balaban J connectivity index is 1.46. The van der Waals surface area contributed by atoms with E-state index >= 15 is 0 Å². The molecule has 7 rings (SSSR count). The molecule has 5 aromatic carbocycles. The minimum atomic E-state index is 0.899. The van der Waals surface area contributed by atoms with Gasteiger partial charge >= 0.3 is 0 Å². The number of hydrogen-bond acceptors (Lipinski definition) is 3. The highest BCUT2D eigenvalue weighted by Crippen LogP contribution is 2.40. The van der Waals surface area contributed by atoms with Gasteiger partial charge in [0, 0.05) is 31.3 Å². The van der Waals surface area contributed by atoms with E-state index in [-0.39, 0.29) is 0 Å². The zero-order chi connectivity index (χ0) is 23.2. The summed E-state index contributed by atoms with van der Waals surface area (Å²) in [5, 5.41) is 2.62. The van der Waals surface area contributed by atoms with Crippen molar-refractivity contribution in [3.8, 4) is 33.6 Å². The van der Waals surface area contributed by atoms with Gasteiger partial charge in [0.15, 0.2) is 0 Å². The molecule has 0 atom stereocenters. The molecule has 0 radical (unpaired) electrons. The molecule has 0 spiro atoms. The third-order valence-corrected chi connectivity index (χ3v) is 7.69. The molecule has 2 nitrogen and oxygen atoms in total. The summed E-state index contributed by atoms with van der Waals surface area (Å²) in [6.45, 7) is 0. The first kappa shape index (κ1) is 20.1. The number of aromatic nitrogens is 2. The highest BCUT2D eigenvalue weighted by atomic mass is 32.1. The average molecular weight is 465 g/mol. The summed E-state index contributed by atoms with van der Waals surface area (Å²) in [6, 6.07) is 42.3. The van der Waals surface area contributed by atoms with Gasteiger partial charge in [-0.25, -0.2) is 9.97 Å². The predicted molar refractivity (Wildman–Crippen MR) is 149 cm³/mol. The molecular weight excluding hydrogens is 444 g/mol. The highest BCUT2D eigenvalue weighted by Gasteiger charge is 2.15. The van der Waals surface area contributed by atoms with Crippen LogP contribution in [0.4, 0.5) is 0 Å². The summed E-state index contributed by atoms with van der Waals surface area (Å²) >= 11 is 1.85. The zero-order valence-corrected chi connectivity index (χ0v) is 19.7. The van der Waals surface area contributed by atoms with Crippen LogP contribution < -0.4 is 0 Å². The molecule has 3 heteroatoms. The summed E-state index contributed by atoms with van der Waals surface area (Å²) in [6.07, 6.45) is 0. The van der Waals surface area contributed by atoms with Crippen LogP contribution in [0.25, 0.3) is 64.8 Å². The molecule has 0 aliphatic carbocycles. The molecule has 2 aromatic heterocycles. The van der Waals surface area contributed by atoms with Crippen molar-refractivity contribution in [3.05, 3.63) is 121 Å². The quantitative estimate of drug-likeness (QED) is 0.261. The molecule has 0 amide bonds. The summed E-state index contributed by atoms with van der Waals surface area (Å²) < 4.78 is 2.62. The van der Waals surface area contributed by atoms with Gasteiger partial charge in [0.25, 0.3) is 0 Å². The molecule has 0 N–H and O–H groups in total. The van der Waals surface area contributed by atoms with Crippen molar-refractivity contribution in [1.82, 2.24) is 9.97 Å². The molecule has 0 bridgehead atoms. The first-order valence-electron chi connectivity index (χ1n) is 11.7. The largest absolute Gasteiger partial charge is 0.244 e. The second-order valence-corrected chi connectivity index (χ2v) is 9.69. The Morgan fingerprint density at radius 3 is 1.83 bits per heavy atom. The molecule has 2 heterocycles. The van der Waals surface area contributed by atoms with E-state index in [9.17, 15) is 0 Å². The van der Waals surface area contributed by atoms with E-state index in [1.54, 1.807) is 0 Å². The van der Waals surface area contributed by atoms with E-state index < -0.39 is 0 Å². The Morgan fingerprint density at radius 1 is 0.457 bits per heavy atom. The highest BCUT2D eigenvalue weighted by molar-refractivity contribution is 7.26. The summed E-state index contributed by atoms with van der Waals surface area (Å²) in [4.78, 5) is 10.3. The van der Waals surface area contributed by atoms with E-state index in [1.807, 2.05) is 35.6 Å². The molecule has 35 heavy (non-hydrogen) atoms. The zero-order valence-electron chi connectivity index (χ0n) is 18.8. The number of benzene rings is 5. The predicted octanol–water partition coefficient (Wildman–Crippen LogP) is 9.00. The Bertz CT molecular complexity index is 1840. The first-order valence-corrected chi connectivity index (χ1v) is 12.5. The van der Waals surface area contributed by atoms with Crippen molar-refractivity contribution in [3.63, 3.8) is 0 Å². The van der Waals surface area contributed by atoms with E-state index in [0.29, 0.717) is 0 Å². The van der Waals surface area contributed by atoms with Crippen molar-refractivity contribution in [2.75, 3.05) is 0 Å². The first-order chi connectivity index (χ1) is 17.3. The molecule has 0 saturated carbocycles. The van der Waals surface area contributed by atoms with Crippen LogP contribution in [0, 0.1) is 0 Å². The monoisotopic (exact) mass is 464 g/mol. The lowest BCUT2D eigenvalue weighted by molar-refractivity contribution is 1.29. The van der Waals surface area contributed by atoms with Crippen LogP contribution in [0.1, 0.15) is 0 Å². The molecule has 0 unspecified atom stereocenters. The van der Waals surface area contributed by atoms with Gasteiger partial charge < -0.3 is 0 Å². The minimum absolute atomic E-state index is 0.899. The van der Waals surface area contributed by atoms with Crippen LogP contribution >= 0.6 is 11.3 Å². The van der Waals surface area contributed by atoms with Gasteiger partial charge in [0.05, 0.1) is 22.4 Å². The Kier molecular flexibility index (Phi) is 4.68. The van der Waals surface area contributed by atoms with Crippen LogP contribution in [-0.2, 0) is 0 Å². The summed E-state index contributed by atoms with van der Waals surface area (Å²) in [7, 11) is 0. The van der Waals surface area contributed by atoms with Crippen molar-refractivity contribution >= 4 is 42.5 Å². The van der Waals surface area contributed by atoms with Gasteiger partial charge in [-0.2, -0.15) is 0 Å². The molecular formula is C32H20N2S. The van der Waals surface area contributed by atoms with Crippen LogP contribution in [0.5, 0.6) is 0 Å². The van der Waals surface area contributed by atoms with Crippen LogP contribution in [-0.4, -0.2) is 9.97 Å². The average Bonchev–Trinajstić information content (AvgIpc) is 3.32. The van der Waals surface area contributed by atoms with Gasteiger partial charge in [0.1, 0.15) is 0 Å². The number of thiophene rings is 1. The van der Waals surface area contributed by atoms with E-state index in [1.165, 1.54) is 25.7 Å². The van der Waals surface area contributed by atoms with Gasteiger partial charge in [0.2, 0.25) is 0 Å². The molecule has 7 aromatic rings. The van der Waals surface area contributed by atoms with Gasteiger partial charge in [-0.3, -0.25) is 0 Å². The molecule has 0 fully saturated rings. The lowest BCUT2D eigenvalue weighted by Gasteiger charge is -2.12. The fourth-order valence-electron chi connectivity index (χ4n) is 4.79. The van der Waals surface area contributed by atoms with Crippen molar-refractivity contribution in [2.45, 2.75) is 0 Å². The van der Waals surface area contributed by atoms with E-state index in [2.05, 4.69) is 97.1 Å². The summed E-state index contributed by atoms with van der Waals surface area (Å²) in [5.41, 5.74) is 8.15. The smallest absolute Gasteiger partial charge is 0.0973 e. The van der Waals surface area contributed by atoms with Gasteiger partial charge in [-0.15, -0.1) is 11.3 Å². The van der Waals surface area contributed by atoms with Crippen LogP contribution in [0.3, 0.4) is 0 Å². The SMILES string of the molecule is c1ccc(-c2nc3ccc(-c4cccc5c4sc4ccccc45)cc3nc2-c2ccccc2)cc1. The number of nitrogens with zero attached hydrogens (tertiary/aromatic N) is 2. The second kappa shape index (κ2) is 8.15. The Hall–Kier alpha value is -4.34. The topological polar surface area (TPSA) is 25.8 Å². The minimum Gasteiger partial charge on any atom is -0.244 e. The Morgan fingerprint density at radius 2 is 1.09 bits per heavy atom. The van der Waals surface area contributed by atoms with Crippen LogP contribution in [0.2, 0.25) is 0 Å². The maximum Gasteiger partial charge on any atom is 0.0973 e. The third-order valence-electron chi connectivity index (χ3n) is 6.47. The molecule has 0 saturated heterocycles. The fraction of sp³-hybridized carbons (Fsp3) is 0. The van der Waals surface area contributed by atoms with Crippen molar-refractivity contribution in [2.24, 2.45) is 0 Å². The molecule has 0 aliphatic rings. The van der Waals surface area contributed by atoms with Crippen molar-refractivity contribution in [1.29, 1.82) is 0 Å². The fourth-order valence-corrected chi connectivity index (χ4v) is 6.03. The number of rotatable bonds is 3.